The second-order valence-corrected chi connectivity index (χ2v) is 11.3. The Morgan fingerprint density at radius 1 is 0.455 bits per heavy atom. The van der Waals surface area contributed by atoms with Crippen LogP contribution < -0.4 is 0 Å². The Morgan fingerprint density at radius 3 is 1.52 bits per heavy atom. The van der Waals surface area contributed by atoms with Gasteiger partial charge in [0.2, 0.25) is 0 Å². The van der Waals surface area contributed by atoms with E-state index in [0.29, 0.717) is 23.0 Å². The normalized spacial score (nSPS) is 11.4. The van der Waals surface area contributed by atoms with Crippen LogP contribution in [0.15, 0.2) is 121 Å². The molecule has 4 nitrogen and oxygen atoms in total. The van der Waals surface area contributed by atoms with Crippen molar-refractivity contribution in [2.24, 2.45) is 0 Å². The summed E-state index contributed by atoms with van der Waals surface area (Å²) in [5.74, 6) is 2.05. The number of benzene rings is 7. The standard InChI is InChI=1S/C40H26N4/c1-24-42-25(2)44-40(43-24)33-16-18-35-37(22-33)39(32-15-13-28-8-4-6-10-30(28)21-32)34-17-11-26(23-41)19-36(34)38(35)31-14-12-27-7-3-5-9-29(27)20-31/h3-22H,1-2H3. The third kappa shape index (κ3) is 4.26. The average Bonchev–Trinajstić information content (AvgIpc) is 3.05. The van der Waals surface area contributed by atoms with Crippen molar-refractivity contribution in [1.29, 1.82) is 5.26 Å². The molecule has 7 aromatic carbocycles. The largest absolute Gasteiger partial charge is 0.219 e. The van der Waals surface area contributed by atoms with E-state index in [9.17, 15) is 5.26 Å². The SMILES string of the molecule is Cc1nc(C)nc(-c2ccc3c(-c4ccc5ccccc5c4)c4cc(C#N)ccc4c(-c4ccc5ccccc5c4)c3c2)n1. The first-order valence-corrected chi connectivity index (χ1v) is 14.7. The number of nitriles is 1. The minimum absolute atomic E-state index is 0.635. The van der Waals surface area contributed by atoms with E-state index < -0.39 is 0 Å². The van der Waals surface area contributed by atoms with Crippen LogP contribution >= 0.6 is 0 Å². The summed E-state index contributed by atoms with van der Waals surface area (Å²) in [4.78, 5) is 13.8. The Hall–Kier alpha value is -5.92. The second kappa shape index (κ2) is 10.1. The third-order valence-corrected chi connectivity index (χ3v) is 8.44. The van der Waals surface area contributed by atoms with Crippen molar-refractivity contribution in [3.8, 4) is 39.7 Å². The number of hydrogen-bond donors (Lipinski definition) is 0. The Balaban J connectivity index is 1.53. The fourth-order valence-electron chi connectivity index (χ4n) is 6.49. The van der Waals surface area contributed by atoms with E-state index in [1.807, 2.05) is 26.0 Å². The maximum atomic E-state index is 9.96. The molecule has 0 aliphatic carbocycles. The topological polar surface area (TPSA) is 62.5 Å². The predicted octanol–water partition coefficient (Wildman–Crippen LogP) is 9.97. The van der Waals surface area contributed by atoms with Crippen molar-refractivity contribution >= 4 is 43.1 Å². The fourth-order valence-corrected chi connectivity index (χ4v) is 6.49. The van der Waals surface area contributed by atoms with Crippen LogP contribution in [0, 0.1) is 25.2 Å². The number of nitrogens with zero attached hydrogens (tertiary/aromatic N) is 4. The molecule has 0 atom stereocenters. The molecule has 0 saturated carbocycles. The van der Waals surface area contributed by atoms with Crippen LogP contribution in [0.25, 0.3) is 76.7 Å². The molecule has 44 heavy (non-hydrogen) atoms. The molecule has 0 aliphatic heterocycles. The molecule has 0 N–H and O–H groups in total. The molecule has 4 heteroatoms. The van der Waals surface area contributed by atoms with Crippen LogP contribution in [0.2, 0.25) is 0 Å². The third-order valence-electron chi connectivity index (χ3n) is 8.44. The van der Waals surface area contributed by atoms with Gasteiger partial charge in [-0.05, 0) is 110 Å². The first kappa shape index (κ1) is 25.8. The van der Waals surface area contributed by atoms with Crippen LogP contribution in [-0.4, -0.2) is 15.0 Å². The summed E-state index contributed by atoms with van der Waals surface area (Å²) >= 11 is 0. The van der Waals surface area contributed by atoms with Gasteiger partial charge in [-0.25, -0.2) is 15.0 Å². The first-order chi connectivity index (χ1) is 21.6. The summed E-state index contributed by atoms with van der Waals surface area (Å²) in [6, 6.07) is 45.1. The molecule has 8 rings (SSSR count). The van der Waals surface area contributed by atoms with Gasteiger partial charge >= 0.3 is 0 Å². The van der Waals surface area contributed by atoms with E-state index in [2.05, 4.69) is 120 Å². The molecule has 206 valence electrons. The summed E-state index contributed by atoms with van der Waals surface area (Å²) in [6.45, 7) is 3.80. The van der Waals surface area contributed by atoms with Crippen LogP contribution in [0.3, 0.4) is 0 Å². The van der Waals surface area contributed by atoms with Crippen molar-refractivity contribution < 1.29 is 0 Å². The summed E-state index contributed by atoms with van der Waals surface area (Å²) in [6.07, 6.45) is 0. The van der Waals surface area contributed by atoms with E-state index in [-0.39, 0.29) is 0 Å². The average molecular weight is 563 g/mol. The molecule has 0 spiro atoms. The van der Waals surface area contributed by atoms with Gasteiger partial charge in [-0.2, -0.15) is 5.26 Å². The lowest BCUT2D eigenvalue weighted by Gasteiger charge is -2.19. The molecule has 0 radical (unpaired) electrons. The van der Waals surface area contributed by atoms with Gasteiger partial charge in [0.05, 0.1) is 11.6 Å². The predicted molar refractivity (Wildman–Crippen MR) is 180 cm³/mol. The summed E-state index contributed by atoms with van der Waals surface area (Å²) in [5, 5.41) is 19.1. The van der Waals surface area contributed by atoms with Gasteiger partial charge in [-0.3, -0.25) is 0 Å². The highest BCUT2D eigenvalue weighted by Gasteiger charge is 2.19. The van der Waals surface area contributed by atoms with Crippen molar-refractivity contribution in [2.45, 2.75) is 13.8 Å². The van der Waals surface area contributed by atoms with Crippen molar-refractivity contribution in [2.75, 3.05) is 0 Å². The molecule has 0 aliphatic rings. The van der Waals surface area contributed by atoms with E-state index in [1.54, 1.807) is 0 Å². The van der Waals surface area contributed by atoms with Crippen molar-refractivity contribution in [3.05, 3.63) is 139 Å². The van der Waals surface area contributed by atoms with Crippen LogP contribution in [0.4, 0.5) is 0 Å². The van der Waals surface area contributed by atoms with Gasteiger partial charge in [0, 0.05) is 5.56 Å². The zero-order valence-corrected chi connectivity index (χ0v) is 24.3. The Morgan fingerprint density at radius 2 is 0.955 bits per heavy atom. The maximum absolute atomic E-state index is 9.96. The van der Waals surface area contributed by atoms with Gasteiger partial charge in [0.1, 0.15) is 11.6 Å². The summed E-state index contributed by atoms with van der Waals surface area (Å²) < 4.78 is 0. The lowest BCUT2D eigenvalue weighted by atomic mass is 9.84. The molecule has 8 aromatic rings. The quantitative estimate of drug-likeness (QED) is 0.201. The van der Waals surface area contributed by atoms with E-state index in [4.69, 9.17) is 9.97 Å². The Kier molecular flexibility index (Phi) is 5.92. The van der Waals surface area contributed by atoms with Crippen molar-refractivity contribution in [1.82, 2.24) is 15.0 Å². The first-order valence-electron chi connectivity index (χ1n) is 14.7. The number of rotatable bonds is 3. The molecule has 1 aromatic heterocycles. The van der Waals surface area contributed by atoms with Crippen LogP contribution in [-0.2, 0) is 0 Å². The van der Waals surface area contributed by atoms with E-state index >= 15 is 0 Å². The summed E-state index contributed by atoms with van der Waals surface area (Å²) in [5.41, 5.74) is 6.03. The van der Waals surface area contributed by atoms with Crippen molar-refractivity contribution in [3.63, 3.8) is 0 Å². The van der Waals surface area contributed by atoms with E-state index in [0.717, 1.165) is 49.4 Å². The molecular formula is C40H26N4. The molecule has 0 bridgehead atoms. The van der Waals surface area contributed by atoms with Crippen LogP contribution in [0.5, 0.6) is 0 Å². The highest BCUT2D eigenvalue weighted by molar-refractivity contribution is 6.22. The van der Waals surface area contributed by atoms with E-state index in [1.165, 1.54) is 21.5 Å². The number of aromatic nitrogens is 3. The molecule has 0 amide bonds. The lowest BCUT2D eigenvalue weighted by molar-refractivity contribution is 0.929. The number of aryl methyl sites for hydroxylation is 2. The molecular weight excluding hydrogens is 536 g/mol. The Bertz CT molecular complexity index is 2470. The molecule has 1 heterocycles. The maximum Gasteiger partial charge on any atom is 0.163 e. The van der Waals surface area contributed by atoms with Gasteiger partial charge in [-0.15, -0.1) is 0 Å². The Labute approximate surface area is 254 Å². The van der Waals surface area contributed by atoms with Gasteiger partial charge < -0.3 is 0 Å². The minimum Gasteiger partial charge on any atom is -0.219 e. The second-order valence-electron chi connectivity index (χ2n) is 11.3. The van der Waals surface area contributed by atoms with Gasteiger partial charge in [0.15, 0.2) is 5.82 Å². The zero-order chi connectivity index (χ0) is 29.8. The minimum atomic E-state index is 0.635. The summed E-state index contributed by atoms with van der Waals surface area (Å²) in [7, 11) is 0. The fraction of sp³-hybridized carbons (Fsp3) is 0.0500. The zero-order valence-electron chi connectivity index (χ0n) is 24.3. The number of hydrogen-bond acceptors (Lipinski definition) is 4. The van der Waals surface area contributed by atoms with Gasteiger partial charge in [0.25, 0.3) is 0 Å². The molecule has 0 saturated heterocycles. The molecule has 0 unspecified atom stereocenters. The number of fused-ring (bicyclic) bond motifs is 4. The molecule has 0 fully saturated rings. The highest BCUT2D eigenvalue weighted by Crippen LogP contribution is 2.45. The highest BCUT2D eigenvalue weighted by atomic mass is 15.0. The van der Waals surface area contributed by atoms with Crippen LogP contribution in [0.1, 0.15) is 17.2 Å². The lowest BCUT2D eigenvalue weighted by Crippen LogP contribution is -1.99. The monoisotopic (exact) mass is 562 g/mol. The smallest absolute Gasteiger partial charge is 0.163 e. The van der Waals surface area contributed by atoms with Gasteiger partial charge in [-0.1, -0.05) is 91.0 Å².